The smallest absolute Gasteiger partial charge is 0.128 e. The van der Waals surface area contributed by atoms with Crippen LogP contribution >= 0.6 is 34.5 Å². The Balaban J connectivity index is 2.45. The minimum atomic E-state index is -0.279. The SMILES string of the molecule is CNC(c1ccc(Cl)s1)c1cc(Cl)ccc1F. The number of nitrogens with one attached hydrogen (secondary N) is 1. The summed E-state index contributed by atoms with van der Waals surface area (Å²) < 4.78 is 14.5. The normalized spacial score (nSPS) is 12.7. The lowest BCUT2D eigenvalue weighted by atomic mass is 10.1. The first kappa shape index (κ1) is 12.8. The molecule has 1 atom stereocenters. The zero-order valence-electron chi connectivity index (χ0n) is 9.01. The van der Waals surface area contributed by atoms with Gasteiger partial charge in [0.1, 0.15) is 5.82 Å². The van der Waals surface area contributed by atoms with Gasteiger partial charge in [0.15, 0.2) is 0 Å². The maximum atomic E-state index is 13.8. The number of benzene rings is 1. The van der Waals surface area contributed by atoms with Gasteiger partial charge in [-0.3, -0.25) is 0 Å². The average Bonchev–Trinajstić information content (AvgIpc) is 2.71. The molecular formula is C12H10Cl2FNS. The summed E-state index contributed by atoms with van der Waals surface area (Å²) in [5.41, 5.74) is 0.526. The third-order valence-electron chi connectivity index (χ3n) is 2.44. The molecule has 17 heavy (non-hydrogen) atoms. The lowest BCUT2D eigenvalue weighted by molar-refractivity contribution is 0.579. The van der Waals surface area contributed by atoms with Crippen LogP contribution in [0.25, 0.3) is 0 Å². The second-order valence-corrected chi connectivity index (χ2v) is 5.71. The molecule has 1 heterocycles. The Hall–Kier alpha value is -0.610. The van der Waals surface area contributed by atoms with Crippen LogP contribution in [0, 0.1) is 5.82 Å². The molecule has 1 aromatic heterocycles. The Kier molecular flexibility index (Phi) is 4.05. The number of hydrogen-bond donors (Lipinski definition) is 1. The first-order valence-electron chi connectivity index (χ1n) is 4.99. The van der Waals surface area contributed by atoms with Gasteiger partial charge in [-0.25, -0.2) is 4.39 Å². The molecule has 0 saturated heterocycles. The Bertz CT molecular complexity index is 527. The largest absolute Gasteiger partial charge is 0.309 e. The molecule has 1 nitrogen and oxygen atoms in total. The monoisotopic (exact) mass is 289 g/mol. The highest BCUT2D eigenvalue weighted by Gasteiger charge is 2.18. The van der Waals surface area contributed by atoms with E-state index in [0.717, 1.165) is 4.88 Å². The van der Waals surface area contributed by atoms with Crippen molar-refractivity contribution in [3.05, 3.63) is 55.9 Å². The van der Waals surface area contributed by atoms with Crippen molar-refractivity contribution in [1.29, 1.82) is 0 Å². The lowest BCUT2D eigenvalue weighted by Gasteiger charge is -2.16. The van der Waals surface area contributed by atoms with E-state index in [0.29, 0.717) is 14.9 Å². The second kappa shape index (κ2) is 5.36. The Labute approximate surface area is 113 Å². The summed E-state index contributed by atoms with van der Waals surface area (Å²) >= 11 is 13.2. The van der Waals surface area contributed by atoms with Crippen LogP contribution < -0.4 is 5.32 Å². The van der Waals surface area contributed by atoms with E-state index in [-0.39, 0.29) is 11.9 Å². The highest BCUT2D eigenvalue weighted by Crippen LogP contribution is 2.32. The molecule has 5 heteroatoms. The van der Waals surface area contributed by atoms with Gasteiger partial charge < -0.3 is 5.32 Å². The van der Waals surface area contributed by atoms with Crippen LogP contribution in [0.1, 0.15) is 16.5 Å². The molecule has 0 saturated carbocycles. The predicted octanol–water partition coefficient (Wildman–Crippen LogP) is 4.50. The first-order valence-corrected chi connectivity index (χ1v) is 6.56. The summed E-state index contributed by atoms with van der Waals surface area (Å²) in [7, 11) is 1.78. The van der Waals surface area contributed by atoms with E-state index in [2.05, 4.69) is 5.32 Å². The molecule has 0 aliphatic heterocycles. The number of halogens is 3. The maximum Gasteiger partial charge on any atom is 0.128 e. The van der Waals surface area contributed by atoms with E-state index in [1.54, 1.807) is 19.2 Å². The van der Waals surface area contributed by atoms with Crippen molar-refractivity contribution < 1.29 is 4.39 Å². The summed E-state index contributed by atoms with van der Waals surface area (Å²) in [5.74, 6) is -0.279. The van der Waals surface area contributed by atoms with Crippen LogP contribution in [0.4, 0.5) is 4.39 Å². The first-order chi connectivity index (χ1) is 8.11. The molecule has 0 aliphatic carbocycles. The summed E-state index contributed by atoms with van der Waals surface area (Å²) in [6.45, 7) is 0. The van der Waals surface area contributed by atoms with Crippen LogP contribution in [0.5, 0.6) is 0 Å². The van der Waals surface area contributed by atoms with Gasteiger partial charge >= 0.3 is 0 Å². The summed E-state index contributed by atoms with van der Waals surface area (Å²) in [4.78, 5) is 0.957. The molecule has 0 fully saturated rings. The molecule has 90 valence electrons. The average molecular weight is 290 g/mol. The summed E-state index contributed by atoms with van der Waals surface area (Å²) in [6.07, 6.45) is 0. The van der Waals surface area contributed by atoms with Gasteiger partial charge in [0, 0.05) is 15.5 Å². The fourth-order valence-corrected chi connectivity index (χ4v) is 3.04. The van der Waals surface area contributed by atoms with E-state index in [1.165, 1.54) is 23.5 Å². The minimum absolute atomic E-state index is 0.230. The van der Waals surface area contributed by atoms with Gasteiger partial charge in [0.25, 0.3) is 0 Å². The molecule has 0 spiro atoms. The maximum absolute atomic E-state index is 13.8. The van der Waals surface area contributed by atoms with Gasteiger partial charge in [0.2, 0.25) is 0 Å². The van der Waals surface area contributed by atoms with Crippen molar-refractivity contribution in [1.82, 2.24) is 5.32 Å². The zero-order chi connectivity index (χ0) is 12.4. The van der Waals surface area contributed by atoms with Gasteiger partial charge in [-0.1, -0.05) is 23.2 Å². The molecule has 1 aromatic carbocycles. The molecule has 2 aromatic rings. The third kappa shape index (κ3) is 2.80. The van der Waals surface area contributed by atoms with Crippen molar-refractivity contribution in [2.45, 2.75) is 6.04 Å². The van der Waals surface area contributed by atoms with Crippen molar-refractivity contribution >= 4 is 34.5 Å². The second-order valence-electron chi connectivity index (χ2n) is 3.53. The van der Waals surface area contributed by atoms with E-state index in [1.807, 2.05) is 6.07 Å². The number of rotatable bonds is 3. The van der Waals surface area contributed by atoms with Crippen molar-refractivity contribution in [3.63, 3.8) is 0 Å². The van der Waals surface area contributed by atoms with Crippen LogP contribution in [-0.2, 0) is 0 Å². The zero-order valence-corrected chi connectivity index (χ0v) is 11.3. The summed E-state index contributed by atoms with van der Waals surface area (Å²) in [5, 5.41) is 3.59. The fraction of sp³-hybridized carbons (Fsp3) is 0.167. The molecular weight excluding hydrogens is 280 g/mol. The highest BCUT2D eigenvalue weighted by atomic mass is 35.5. The van der Waals surface area contributed by atoms with Crippen molar-refractivity contribution in [3.8, 4) is 0 Å². The molecule has 0 amide bonds. The molecule has 0 radical (unpaired) electrons. The van der Waals surface area contributed by atoms with E-state index < -0.39 is 0 Å². The van der Waals surface area contributed by atoms with Crippen LogP contribution in [-0.4, -0.2) is 7.05 Å². The third-order valence-corrected chi connectivity index (χ3v) is 3.97. The van der Waals surface area contributed by atoms with Crippen molar-refractivity contribution in [2.24, 2.45) is 0 Å². The van der Waals surface area contributed by atoms with E-state index >= 15 is 0 Å². The molecule has 0 bridgehead atoms. The molecule has 0 aliphatic rings. The predicted molar refractivity (Wildman–Crippen MR) is 71.6 cm³/mol. The Morgan fingerprint density at radius 2 is 2.00 bits per heavy atom. The van der Waals surface area contributed by atoms with Gasteiger partial charge in [0.05, 0.1) is 10.4 Å². The van der Waals surface area contributed by atoms with Crippen molar-refractivity contribution in [2.75, 3.05) is 7.05 Å². The molecule has 2 rings (SSSR count). The molecule has 1 unspecified atom stereocenters. The van der Waals surface area contributed by atoms with Gasteiger partial charge in [-0.2, -0.15) is 0 Å². The van der Waals surface area contributed by atoms with Crippen LogP contribution in [0.15, 0.2) is 30.3 Å². The van der Waals surface area contributed by atoms with E-state index in [9.17, 15) is 4.39 Å². The number of hydrogen-bond acceptors (Lipinski definition) is 2. The lowest BCUT2D eigenvalue weighted by Crippen LogP contribution is -2.17. The Morgan fingerprint density at radius 3 is 2.59 bits per heavy atom. The highest BCUT2D eigenvalue weighted by molar-refractivity contribution is 7.16. The summed E-state index contributed by atoms with van der Waals surface area (Å²) in [6, 6.07) is 7.99. The standard InChI is InChI=1S/C12H10Cl2FNS/c1-16-12(10-4-5-11(14)17-10)8-6-7(13)2-3-9(8)15/h2-6,12,16H,1H3. The number of thiophene rings is 1. The quantitative estimate of drug-likeness (QED) is 0.877. The fourth-order valence-electron chi connectivity index (χ4n) is 1.67. The Morgan fingerprint density at radius 1 is 1.24 bits per heavy atom. The van der Waals surface area contributed by atoms with Gasteiger partial charge in [-0.15, -0.1) is 11.3 Å². The van der Waals surface area contributed by atoms with Crippen LogP contribution in [0.2, 0.25) is 9.36 Å². The van der Waals surface area contributed by atoms with E-state index in [4.69, 9.17) is 23.2 Å². The van der Waals surface area contributed by atoms with Gasteiger partial charge in [-0.05, 0) is 37.4 Å². The minimum Gasteiger partial charge on any atom is -0.309 e. The topological polar surface area (TPSA) is 12.0 Å². The van der Waals surface area contributed by atoms with Crippen LogP contribution in [0.3, 0.4) is 0 Å². The molecule has 1 N–H and O–H groups in total.